The Kier molecular flexibility index (Phi) is 4.47. The first kappa shape index (κ1) is 13.9. The summed E-state index contributed by atoms with van der Waals surface area (Å²) in [5, 5.41) is 0. The van der Waals surface area contributed by atoms with Crippen molar-refractivity contribution in [2.75, 3.05) is 13.7 Å². The third-order valence-corrected chi connectivity index (χ3v) is 2.36. The van der Waals surface area contributed by atoms with E-state index in [2.05, 4.69) is 4.74 Å². The van der Waals surface area contributed by atoms with Gasteiger partial charge in [-0.3, -0.25) is 9.59 Å². The number of carbonyl (C=O) groups excluding carboxylic acids is 2. The molecule has 6 nitrogen and oxygen atoms in total. The zero-order chi connectivity index (χ0) is 13.1. The van der Waals surface area contributed by atoms with E-state index in [9.17, 15) is 9.59 Å². The van der Waals surface area contributed by atoms with Crippen LogP contribution in [0.3, 0.4) is 0 Å². The minimum atomic E-state index is -0.723. The molecule has 0 N–H and O–H groups in total. The van der Waals surface area contributed by atoms with Crippen molar-refractivity contribution in [3.8, 4) is 0 Å². The summed E-state index contributed by atoms with van der Waals surface area (Å²) in [5.41, 5.74) is 0. The quantitative estimate of drug-likeness (QED) is 0.678. The smallest absolute Gasteiger partial charge is 0.309 e. The van der Waals surface area contributed by atoms with Gasteiger partial charge in [-0.2, -0.15) is 0 Å². The maximum Gasteiger partial charge on any atom is 0.309 e. The van der Waals surface area contributed by atoms with E-state index in [-0.39, 0.29) is 13.0 Å². The standard InChI is InChI=1S/C11H18O6/c1-7(12)16-8(5-10(13)14-4)9-6-15-11(2,3)17-9/h8-9H,5-6H2,1-4H3/t8-,9+/m0/s1. The van der Waals surface area contributed by atoms with Gasteiger partial charge in [0.2, 0.25) is 0 Å². The summed E-state index contributed by atoms with van der Waals surface area (Å²) in [7, 11) is 1.28. The van der Waals surface area contributed by atoms with Crippen molar-refractivity contribution < 1.29 is 28.5 Å². The van der Waals surface area contributed by atoms with Crippen molar-refractivity contribution in [3.05, 3.63) is 0 Å². The third kappa shape index (κ3) is 4.32. The predicted molar refractivity (Wildman–Crippen MR) is 57.1 cm³/mol. The molecule has 0 aliphatic carbocycles. The Balaban J connectivity index is 2.63. The van der Waals surface area contributed by atoms with E-state index in [4.69, 9.17) is 14.2 Å². The summed E-state index contributed by atoms with van der Waals surface area (Å²) in [6.07, 6.45) is -1.17. The molecule has 0 aromatic rings. The number of esters is 2. The average Bonchev–Trinajstić information content (AvgIpc) is 2.57. The van der Waals surface area contributed by atoms with Crippen molar-refractivity contribution in [3.63, 3.8) is 0 Å². The molecule has 0 radical (unpaired) electrons. The molecule has 0 amide bonds. The molecule has 0 spiro atoms. The number of carbonyl (C=O) groups is 2. The fraction of sp³-hybridized carbons (Fsp3) is 0.818. The third-order valence-electron chi connectivity index (χ3n) is 2.36. The Morgan fingerprint density at radius 3 is 2.53 bits per heavy atom. The van der Waals surface area contributed by atoms with Gasteiger partial charge in [0.15, 0.2) is 5.79 Å². The van der Waals surface area contributed by atoms with Crippen molar-refractivity contribution in [2.24, 2.45) is 0 Å². The minimum Gasteiger partial charge on any atom is -0.469 e. The highest BCUT2D eigenvalue weighted by molar-refractivity contribution is 5.71. The second-order valence-electron chi connectivity index (χ2n) is 4.30. The zero-order valence-corrected chi connectivity index (χ0v) is 10.5. The van der Waals surface area contributed by atoms with E-state index in [1.165, 1.54) is 14.0 Å². The molecule has 98 valence electrons. The van der Waals surface area contributed by atoms with Crippen LogP contribution in [0.25, 0.3) is 0 Å². The summed E-state index contributed by atoms with van der Waals surface area (Å²) in [5.74, 6) is -1.64. The number of hydrogen-bond donors (Lipinski definition) is 0. The molecule has 2 atom stereocenters. The monoisotopic (exact) mass is 246 g/mol. The summed E-state index contributed by atoms with van der Waals surface area (Å²) in [6.45, 7) is 5.08. The predicted octanol–water partition coefficient (Wildman–Crippen LogP) is 0.633. The Morgan fingerprint density at radius 1 is 1.47 bits per heavy atom. The lowest BCUT2D eigenvalue weighted by atomic mass is 10.1. The number of rotatable bonds is 4. The molecular formula is C11H18O6. The van der Waals surface area contributed by atoms with Gasteiger partial charge in [0.1, 0.15) is 12.2 Å². The minimum absolute atomic E-state index is 0.0415. The Labute approximate surface area is 100 Å². The van der Waals surface area contributed by atoms with Gasteiger partial charge in [0, 0.05) is 6.92 Å². The van der Waals surface area contributed by atoms with Crippen LogP contribution in [0.1, 0.15) is 27.2 Å². The van der Waals surface area contributed by atoms with Crippen molar-refractivity contribution in [1.82, 2.24) is 0 Å². The van der Waals surface area contributed by atoms with E-state index in [0.717, 1.165) is 0 Å². The molecule has 0 bridgehead atoms. The van der Waals surface area contributed by atoms with Gasteiger partial charge in [-0.25, -0.2) is 0 Å². The molecule has 1 heterocycles. The lowest BCUT2D eigenvalue weighted by Crippen LogP contribution is -2.36. The second kappa shape index (κ2) is 5.46. The average molecular weight is 246 g/mol. The summed E-state index contributed by atoms with van der Waals surface area (Å²) >= 11 is 0. The highest BCUT2D eigenvalue weighted by Gasteiger charge is 2.39. The topological polar surface area (TPSA) is 71.1 Å². The van der Waals surface area contributed by atoms with Crippen LogP contribution in [-0.4, -0.2) is 43.7 Å². The molecule has 0 aromatic carbocycles. The summed E-state index contributed by atoms with van der Waals surface area (Å²) in [6, 6.07) is 0. The molecule has 1 fully saturated rings. The molecule has 1 aliphatic rings. The maximum atomic E-state index is 11.2. The van der Waals surface area contributed by atoms with Crippen LogP contribution in [0.2, 0.25) is 0 Å². The number of hydrogen-bond acceptors (Lipinski definition) is 6. The van der Waals surface area contributed by atoms with E-state index < -0.39 is 29.9 Å². The lowest BCUT2D eigenvalue weighted by Gasteiger charge is -2.23. The molecular weight excluding hydrogens is 228 g/mol. The van der Waals surface area contributed by atoms with Crippen LogP contribution in [0, 0.1) is 0 Å². The van der Waals surface area contributed by atoms with Crippen LogP contribution in [0.15, 0.2) is 0 Å². The zero-order valence-electron chi connectivity index (χ0n) is 10.5. The fourth-order valence-corrected chi connectivity index (χ4v) is 1.61. The lowest BCUT2D eigenvalue weighted by molar-refractivity contribution is -0.173. The maximum absolute atomic E-state index is 11.2. The molecule has 1 aliphatic heterocycles. The van der Waals surface area contributed by atoms with Crippen molar-refractivity contribution >= 4 is 11.9 Å². The first-order chi connectivity index (χ1) is 7.84. The second-order valence-corrected chi connectivity index (χ2v) is 4.30. The van der Waals surface area contributed by atoms with Gasteiger partial charge in [-0.05, 0) is 13.8 Å². The normalized spacial score (nSPS) is 24.1. The van der Waals surface area contributed by atoms with Gasteiger partial charge in [0.05, 0.1) is 20.1 Å². The van der Waals surface area contributed by atoms with Gasteiger partial charge in [-0.15, -0.1) is 0 Å². The summed E-state index contributed by atoms with van der Waals surface area (Å²) < 4.78 is 20.5. The molecule has 0 unspecified atom stereocenters. The van der Waals surface area contributed by atoms with Gasteiger partial charge in [-0.1, -0.05) is 0 Å². The van der Waals surface area contributed by atoms with Crippen LogP contribution in [-0.2, 0) is 28.5 Å². The van der Waals surface area contributed by atoms with Crippen LogP contribution >= 0.6 is 0 Å². The van der Waals surface area contributed by atoms with Gasteiger partial charge in [0.25, 0.3) is 0 Å². The Morgan fingerprint density at radius 2 is 2.12 bits per heavy atom. The van der Waals surface area contributed by atoms with E-state index in [1.54, 1.807) is 13.8 Å². The molecule has 1 rings (SSSR count). The number of ether oxygens (including phenoxy) is 4. The first-order valence-electron chi connectivity index (χ1n) is 5.40. The number of methoxy groups -OCH3 is 1. The van der Waals surface area contributed by atoms with Gasteiger partial charge < -0.3 is 18.9 Å². The Bertz CT molecular complexity index is 298. The highest BCUT2D eigenvalue weighted by Crippen LogP contribution is 2.26. The van der Waals surface area contributed by atoms with Gasteiger partial charge >= 0.3 is 11.9 Å². The molecule has 1 saturated heterocycles. The van der Waals surface area contributed by atoms with Crippen molar-refractivity contribution in [2.45, 2.75) is 45.2 Å². The van der Waals surface area contributed by atoms with E-state index in [1.807, 2.05) is 0 Å². The van der Waals surface area contributed by atoms with Crippen LogP contribution in [0.4, 0.5) is 0 Å². The van der Waals surface area contributed by atoms with Crippen LogP contribution in [0.5, 0.6) is 0 Å². The largest absolute Gasteiger partial charge is 0.469 e. The molecule has 0 saturated carbocycles. The highest BCUT2D eigenvalue weighted by atomic mass is 16.8. The van der Waals surface area contributed by atoms with Crippen molar-refractivity contribution in [1.29, 1.82) is 0 Å². The molecule has 0 aromatic heterocycles. The fourth-order valence-electron chi connectivity index (χ4n) is 1.61. The SMILES string of the molecule is COC(=O)C[C@H](OC(C)=O)[C@H]1COC(C)(C)O1. The summed E-state index contributed by atoms with van der Waals surface area (Å²) in [4.78, 5) is 22.2. The first-order valence-corrected chi connectivity index (χ1v) is 5.40. The Hall–Kier alpha value is -1.14. The van der Waals surface area contributed by atoms with E-state index >= 15 is 0 Å². The molecule has 6 heteroatoms. The van der Waals surface area contributed by atoms with E-state index in [0.29, 0.717) is 0 Å². The molecule has 17 heavy (non-hydrogen) atoms. The van der Waals surface area contributed by atoms with Crippen LogP contribution < -0.4 is 0 Å².